The quantitative estimate of drug-likeness (QED) is 0.665. The first-order chi connectivity index (χ1) is 10.3. The predicted molar refractivity (Wildman–Crippen MR) is 84.8 cm³/mol. The number of unbranched alkanes of at least 4 members (excludes halogenated alkanes) is 1. The molecule has 0 aliphatic carbocycles. The minimum atomic E-state index is 0.569. The first-order valence-electron chi connectivity index (χ1n) is 7.19. The van der Waals surface area contributed by atoms with E-state index in [1.165, 1.54) is 5.56 Å². The summed E-state index contributed by atoms with van der Waals surface area (Å²) in [6.07, 6.45) is 1.41. The van der Waals surface area contributed by atoms with Gasteiger partial charge in [0.05, 0.1) is 17.1 Å². The zero-order chi connectivity index (χ0) is 14.7. The molecule has 3 aromatic rings. The average Bonchev–Trinajstić information content (AvgIpc) is 2.87. The van der Waals surface area contributed by atoms with Crippen molar-refractivity contribution in [2.75, 3.05) is 0 Å². The van der Waals surface area contributed by atoms with Crippen LogP contribution in [-0.4, -0.2) is 9.55 Å². The fourth-order valence-electron chi connectivity index (χ4n) is 2.62. The minimum absolute atomic E-state index is 0.569. The SMILES string of the molecule is Cc1cccc(-c2nc3ccccc3n2CCCC#N)c1. The molecule has 1 aromatic heterocycles. The molecule has 104 valence electrons. The zero-order valence-electron chi connectivity index (χ0n) is 12.1. The number of benzene rings is 2. The average molecular weight is 275 g/mol. The smallest absolute Gasteiger partial charge is 0.141 e. The third-order valence-electron chi connectivity index (χ3n) is 3.60. The summed E-state index contributed by atoms with van der Waals surface area (Å²) in [5, 5.41) is 8.76. The number of hydrogen-bond donors (Lipinski definition) is 0. The van der Waals surface area contributed by atoms with Gasteiger partial charge in [-0.1, -0.05) is 35.9 Å². The van der Waals surface area contributed by atoms with Crippen LogP contribution in [0.5, 0.6) is 0 Å². The Morgan fingerprint density at radius 3 is 2.81 bits per heavy atom. The summed E-state index contributed by atoms with van der Waals surface area (Å²) < 4.78 is 2.22. The Balaban J connectivity index is 2.12. The Morgan fingerprint density at radius 2 is 2.00 bits per heavy atom. The van der Waals surface area contributed by atoms with E-state index in [2.05, 4.69) is 47.9 Å². The molecule has 3 nitrogen and oxygen atoms in total. The highest BCUT2D eigenvalue weighted by atomic mass is 15.1. The lowest BCUT2D eigenvalue weighted by atomic mass is 10.1. The van der Waals surface area contributed by atoms with E-state index >= 15 is 0 Å². The monoisotopic (exact) mass is 275 g/mol. The maximum Gasteiger partial charge on any atom is 0.141 e. The van der Waals surface area contributed by atoms with E-state index < -0.39 is 0 Å². The number of rotatable bonds is 4. The second-order valence-electron chi connectivity index (χ2n) is 5.21. The maximum atomic E-state index is 8.76. The third kappa shape index (κ3) is 2.66. The predicted octanol–water partition coefficient (Wildman–Crippen LogP) is 4.32. The number of para-hydroxylation sites is 2. The molecule has 0 amide bonds. The van der Waals surface area contributed by atoms with Crippen molar-refractivity contribution >= 4 is 11.0 Å². The van der Waals surface area contributed by atoms with Crippen LogP contribution in [0.25, 0.3) is 22.4 Å². The maximum absolute atomic E-state index is 8.76. The minimum Gasteiger partial charge on any atom is -0.324 e. The molecule has 0 aliphatic heterocycles. The van der Waals surface area contributed by atoms with Crippen LogP contribution < -0.4 is 0 Å². The van der Waals surface area contributed by atoms with Gasteiger partial charge in [0, 0.05) is 18.5 Å². The number of imidazole rings is 1. The Labute approximate surface area is 124 Å². The molecule has 0 atom stereocenters. The Hall–Kier alpha value is -2.60. The second-order valence-corrected chi connectivity index (χ2v) is 5.21. The van der Waals surface area contributed by atoms with Crippen molar-refractivity contribution in [1.29, 1.82) is 5.26 Å². The molecule has 3 heteroatoms. The van der Waals surface area contributed by atoms with Gasteiger partial charge in [-0.15, -0.1) is 0 Å². The van der Waals surface area contributed by atoms with E-state index in [1.807, 2.05) is 18.2 Å². The number of fused-ring (bicyclic) bond motifs is 1. The first kappa shape index (κ1) is 13.4. The largest absolute Gasteiger partial charge is 0.324 e. The summed E-state index contributed by atoms with van der Waals surface area (Å²) in [6, 6.07) is 18.8. The van der Waals surface area contributed by atoms with Gasteiger partial charge in [-0.05, 0) is 31.5 Å². The van der Waals surface area contributed by atoms with Gasteiger partial charge in [0.1, 0.15) is 5.82 Å². The van der Waals surface area contributed by atoms with Crippen LogP contribution in [0.1, 0.15) is 18.4 Å². The summed E-state index contributed by atoms with van der Waals surface area (Å²) in [6.45, 7) is 2.91. The summed E-state index contributed by atoms with van der Waals surface area (Å²) >= 11 is 0. The number of nitrogens with zero attached hydrogens (tertiary/aromatic N) is 3. The molecule has 3 rings (SSSR count). The molecule has 2 aromatic carbocycles. The molecule has 0 saturated carbocycles. The van der Waals surface area contributed by atoms with Crippen LogP contribution in [0.15, 0.2) is 48.5 Å². The standard InChI is InChI=1S/C18H17N3/c1-14-7-6-8-15(13-14)18-20-16-9-2-3-10-17(16)21(18)12-5-4-11-19/h2-3,6-10,13H,4-5,12H2,1H3. The highest BCUT2D eigenvalue weighted by Gasteiger charge is 2.11. The van der Waals surface area contributed by atoms with Gasteiger partial charge < -0.3 is 4.57 Å². The van der Waals surface area contributed by atoms with Crippen molar-refractivity contribution in [3.8, 4) is 17.5 Å². The fraction of sp³-hybridized carbons (Fsp3) is 0.222. The molecular weight excluding hydrogens is 258 g/mol. The van der Waals surface area contributed by atoms with Crippen LogP contribution in [0, 0.1) is 18.3 Å². The van der Waals surface area contributed by atoms with Crippen molar-refractivity contribution in [3.05, 3.63) is 54.1 Å². The van der Waals surface area contributed by atoms with Gasteiger partial charge in [-0.3, -0.25) is 0 Å². The highest BCUT2D eigenvalue weighted by molar-refractivity contribution is 5.80. The molecule has 0 N–H and O–H groups in total. The third-order valence-corrected chi connectivity index (χ3v) is 3.60. The Kier molecular flexibility index (Phi) is 3.70. The fourth-order valence-corrected chi connectivity index (χ4v) is 2.62. The first-order valence-corrected chi connectivity index (χ1v) is 7.19. The van der Waals surface area contributed by atoms with Gasteiger partial charge in [-0.2, -0.15) is 5.26 Å². The van der Waals surface area contributed by atoms with Crippen molar-refractivity contribution in [1.82, 2.24) is 9.55 Å². The van der Waals surface area contributed by atoms with Gasteiger partial charge in [0.2, 0.25) is 0 Å². The van der Waals surface area contributed by atoms with Crippen LogP contribution in [-0.2, 0) is 6.54 Å². The van der Waals surface area contributed by atoms with Crippen molar-refractivity contribution < 1.29 is 0 Å². The molecule has 21 heavy (non-hydrogen) atoms. The molecule has 0 unspecified atom stereocenters. The molecule has 0 saturated heterocycles. The van der Waals surface area contributed by atoms with Gasteiger partial charge in [-0.25, -0.2) is 4.98 Å². The second kappa shape index (κ2) is 5.80. The zero-order valence-corrected chi connectivity index (χ0v) is 12.1. The normalized spacial score (nSPS) is 10.7. The van der Waals surface area contributed by atoms with Gasteiger partial charge in [0.25, 0.3) is 0 Å². The lowest BCUT2D eigenvalue weighted by Crippen LogP contribution is -2.00. The van der Waals surface area contributed by atoms with E-state index in [0.717, 1.165) is 35.4 Å². The number of hydrogen-bond acceptors (Lipinski definition) is 2. The van der Waals surface area contributed by atoms with Gasteiger partial charge in [0.15, 0.2) is 0 Å². The van der Waals surface area contributed by atoms with Crippen LogP contribution >= 0.6 is 0 Å². The van der Waals surface area contributed by atoms with E-state index in [-0.39, 0.29) is 0 Å². The Morgan fingerprint density at radius 1 is 1.14 bits per heavy atom. The molecule has 0 fully saturated rings. The van der Waals surface area contributed by atoms with E-state index in [0.29, 0.717) is 6.42 Å². The highest BCUT2D eigenvalue weighted by Crippen LogP contribution is 2.25. The van der Waals surface area contributed by atoms with Crippen LogP contribution in [0.2, 0.25) is 0 Å². The molecule has 0 bridgehead atoms. The summed E-state index contributed by atoms with van der Waals surface area (Å²) in [7, 11) is 0. The van der Waals surface area contributed by atoms with Crippen molar-refractivity contribution in [2.45, 2.75) is 26.3 Å². The number of aromatic nitrogens is 2. The molecule has 0 spiro atoms. The van der Waals surface area contributed by atoms with Crippen molar-refractivity contribution in [2.24, 2.45) is 0 Å². The molecular formula is C18H17N3. The van der Waals surface area contributed by atoms with Crippen LogP contribution in [0.4, 0.5) is 0 Å². The Bertz CT molecular complexity index is 809. The summed E-state index contributed by atoms with van der Waals surface area (Å²) in [5.41, 5.74) is 4.49. The summed E-state index contributed by atoms with van der Waals surface area (Å²) in [5.74, 6) is 0.984. The van der Waals surface area contributed by atoms with E-state index in [1.54, 1.807) is 0 Å². The molecule has 0 aliphatic rings. The van der Waals surface area contributed by atoms with E-state index in [9.17, 15) is 0 Å². The molecule has 1 heterocycles. The van der Waals surface area contributed by atoms with E-state index in [4.69, 9.17) is 10.2 Å². The molecule has 0 radical (unpaired) electrons. The topological polar surface area (TPSA) is 41.6 Å². The van der Waals surface area contributed by atoms with Gasteiger partial charge >= 0.3 is 0 Å². The lowest BCUT2D eigenvalue weighted by molar-refractivity contribution is 0.675. The van der Waals surface area contributed by atoms with Crippen molar-refractivity contribution in [3.63, 3.8) is 0 Å². The number of nitriles is 1. The summed E-state index contributed by atoms with van der Waals surface area (Å²) in [4.78, 5) is 4.78. The number of aryl methyl sites for hydroxylation is 2. The lowest BCUT2D eigenvalue weighted by Gasteiger charge is -2.08. The van der Waals surface area contributed by atoms with Crippen LogP contribution in [0.3, 0.4) is 0 Å².